The zero-order chi connectivity index (χ0) is 16.1. The first kappa shape index (κ1) is 18.9. The topological polar surface area (TPSA) is 54.9 Å². The highest BCUT2D eigenvalue weighted by Crippen LogP contribution is 2.32. The molecule has 1 aliphatic heterocycles. The summed E-state index contributed by atoms with van der Waals surface area (Å²) in [4.78, 5) is 4.27. The van der Waals surface area contributed by atoms with Crippen LogP contribution in [0.5, 0.6) is 11.5 Å². The van der Waals surface area contributed by atoms with E-state index in [4.69, 9.17) is 9.47 Å². The fourth-order valence-corrected chi connectivity index (χ4v) is 3.16. The van der Waals surface area contributed by atoms with Crippen molar-refractivity contribution in [1.29, 1.82) is 0 Å². The summed E-state index contributed by atoms with van der Waals surface area (Å²) in [6.07, 6.45) is 0. The van der Waals surface area contributed by atoms with Gasteiger partial charge in [0.15, 0.2) is 17.5 Å². The summed E-state index contributed by atoms with van der Waals surface area (Å²) in [5, 5.41) is 11.0. The number of rotatable bonds is 5. The minimum Gasteiger partial charge on any atom is -0.454 e. The molecule has 7 heteroatoms. The van der Waals surface area contributed by atoms with Crippen LogP contribution in [-0.4, -0.2) is 26.3 Å². The number of benzene rings is 1. The number of hydrogen-bond acceptors (Lipinski definition) is 4. The number of ether oxygens (including phenoxy) is 2. The number of nitrogens with zero attached hydrogens (tertiary/aromatic N) is 1. The number of fused-ring (bicyclic) bond motifs is 1. The van der Waals surface area contributed by atoms with Crippen molar-refractivity contribution >= 4 is 41.3 Å². The normalized spacial score (nSPS) is 14.0. The number of nitrogens with one attached hydrogen (secondary N) is 2. The number of aliphatic imine (C=N–C) groups is 1. The third-order valence-electron chi connectivity index (χ3n) is 3.81. The Bertz CT molecular complexity index is 676. The molecule has 1 aliphatic rings. The Balaban J connectivity index is 0.00000208. The van der Waals surface area contributed by atoms with Gasteiger partial charge >= 0.3 is 0 Å². The van der Waals surface area contributed by atoms with Gasteiger partial charge in [0, 0.05) is 20.1 Å². The lowest BCUT2D eigenvalue weighted by Crippen LogP contribution is -2.38. The molecule has 1 atom stereocenters. The van der Waals surface area contributed by atoms with Gasteiger partial charge in [-0.1, -0.05) is 13.0 Å². The Morgan fingerprint density at radius 3 is 2.83 bits per heavy atom. The van der Waals surface area contributed by atoms with Crippen LogP contribution in [0.3, 0.4) is 0 Å². The van der Waals surface area contributed by atoms with Crippen LogP contribution in [0.15, 0.2) is 40.0 Å². The van der Waals surface area contributed by atoms with Gasteiger partial charge in [0.25, 0.3) is 0 Å². The van der Waals surface area contributed by atoms with Crippen LogP contribution >= 0.6 is 35.3 Å². The number of thiophene rings is 1. The maximum absolute atomic E-state index is 5.40. The molecule has 1 unspecified atom stereocenters. The lowest BCUT2D eigenvalue weighted by atomic mass is 10.1. The quantitative estimate of drug-likeness (QED) is 0.408. The van der Waals surface area contributed by atoms with Crippen LogP contribution in [-0.2, 0) is 6.54 Å². The van der Waals surface area contributed by atoms with Crippen LogP contribution in [0.1, 0.15) is 24.0 Å². The molecule has 130 valence electrons. The van der Waals surface area contributed by atoms with Crippen LogP contribution < -0.4 is 20.1 Å². The molecule has 24 heavy (non-hydrogen) atoms. The van der Waals surface area contributed by atoms with Gasteiger partial charge in [-0.2, -0.15) is 11.3 Å². The molecule has 1 aromatic carbocycles. The van der Waals surface area contributed by atoms with E-state index in [1.54, 1.807) is 18.4 Å². The first-order chi connectivity index (χ1) is 11.3. The van der Waals surface area contributed by atoms with Crippen molar-refractivity contribution in [2.45, 2.75) is 19.4 Å². The van der Waals surface area contributed by atoms with Gasteiger partial charge in [-0.3, -0.25) is 4.99 Å². The van der Waals surface area contributed by atoms with Gasteiger partial charge < -0.3 is 20.1 Å². The second-order valence-electron chi connectivity index (χ2n) is 5.45. The summed E-state index contributed by atoms with van der Waals surface area (Å²) in [6, 6.07) is 8.13. The maximum atomic E-state index is 5.40. The Morgan fingerprint density at radius 1 is 1.25 bits per heavy atom. The van der Waals surface area contributed by atoms with Crippen molar-refractivity contribution in [3.63, 3.8) is 0 Å². The third kappa shape index (κ3) is 4.76. The Morgan fingerprint density at radius 2 is 2.08 bits per heavy atom. The molecule has 3 rings (SSSR count). The van der Waals surface area contributed by atoms with Gasteiger partial charge in [0.2, 0.25) is 6.79 Å². The molecule has 0 spiro atoms. The van der Waals surface area contributed by atoms with E-state index in [0.717, 1.165) is 29.6 Å². The van der Waals surface area contributed by atoms with E-state index in [9.17, 15) is 0 Å². The maximum Gasteiger partial charge on any atom is 0.231 e. The zero-order valence-corrected chi connectivity index (χ0v) is 16.9. The second-order valence-corrected chi connectivity index (χ2v) is 6.23. The molecule has 0 saturated heterocycles. The Hall–Kier alpha value is -1.48. The fraction of sp³-hybridized carbons (Fsp3) is 0.353. The monoisotopic (exact) mass is 459 g/mol. The van der Waals surface area contributed by atoms with Crippen LogP contribution in [0.4, 0.5) is 0 Å². The molecular weight excluding hydrogens is 437 g/mol. The van der Waals surface area contributed by atoms with Gasteiger partial charge in [-0.15, -0.1) is 24.0 Å². The molecule has 2 N–H and O–H groups in total. The number of halogens is 1. The van der Waals surface area contributed by atoms with E-state index in [2.05, 4.69) is 39.4 Å². The molecule has 0 saturated carbocycles. The standard InChI is InChI=1S/C17H21N3O2S.HI/c1-12(14-5-6-23-10-14)8-19-17(18-2)20-9-13-3-4-15-16(7-13)22-11-21-15;/h3-7,10,12H,8-9,11H2,1-2H3,(H2,18,19,20);1H. The van der Waals surface area contributed by atoms with Crippen molar-refractivity contribution in [1.82, 2.24) is 10.6 Å². The van der Waals surface area contributed by atoms with Crippen molar-refractivity contribution in [2.24, 2.45) is 4.99 Å². The molecular formula is C17H22IN3O2S. The predicted molar refractivity (Wildman–Crippen MR) is 109 cm³/mol. The van der Waals surface area contributed by atoms with Crippen molar-refractivity contribution < 1.29 is 9.47 Å². The minimum atomic E-state index is 0. The molecule has 2 heterocycles. The average Bonchev–Trinajstić information content (AvgIpc) is 3.25. The SMILES string of the molecule is CN=C(NCc1ccc2c(c1)OCO2)NCC(C)c1ccsc1.I. The highest BCUT2D eigenvalue weighted by atomic mass is 127. The van der Waals surface area contributed by atoms with E-state index in [1.165, 1.54) is 5.56 Å². The van der Waals surface area contributed by atoms with E-state index in [1.807, 2.05) is 18.2 Å². The van der Waals surface area contributed by atoms with Gasteiger partial charge in [-0.05, 0) is 46.0 Å². The second kappa shape index (κ2) is 9.12. The molecule has 1 aromatic heterocycles. The number of hydrogen-bond donors (Lipinski definition) is 2. The van der Waals surface area contributed by atoms with Gasteiger partial charge in [0.1, 0.15) is 0 Å². The molecule has 5 nitrogen and oxygen atoms in total. The summed E-state index contributed by atoms with van der Waals surface area (Å²) in [6.45, 7) is 4.04. The first-order valence-electron chi connectivity index (χ1n) is 7.61. The van der Waals surface area contributed by atoms with Gasteiger partial charge in [0.05, 0.1) is 0 Å². The van der Waals surface area contributed by atoms with E-state index in [-0.39, 0.29) is 24.0 Å². The van der Waals surface area contributed by atoms with Crippen molar-refractivity contribution in [3.8, 4) is 11.5 Å². The third-order valence-corrected chi connectivity index (χ3v) is 4.51. The summed E-state index contributed by atoms with van der Waals surface area (Å²) >= 11 is 1.73. The first-order valence-corrected chi connectivity index (χ1v) is 8.55. The Kier molecular flexibility index (Phi) is 7.16. The molecule has 2 aromatic rings. The summed E-state index contributed by atoms with van der Waals surface area (Å²) < 4.78 is 10.7. The molecule has 0 aliphatic carbocycles. The minimum absolute atomic E-state index is 0. The molecule has 0 bridgehead atoms. The average molecular weight is 459 g/mol. The predicted octanol–water partition coefficient (Wildman–Crippen LogP) is 3.56. The van der Waals surface area contributed by atoms with Crippen LogP contribution in [0.25, 0.3) is 0 Å². The van der Waals surface area contributed by atoms with Crippen LogP contribution in [0.2, 0.25) is 0 Å². The Labute approximate surface area is 163 Å². The molecule has 0 radical (unpaired) electrons. The lowest BCUT2D eigenvalue weighted by Gasteiger charge is -2.15. The molecule has 0 fully saturated rings. The fourth-order valence-electron chi connectivity index (χ4n) is 2.38. The van der Waals surface area contributed by atoms with Gasteiger partial charge in [-0.25, -0.2) is 0 Å². The highest BCUT2D eigenvalue weighted by Gasteiger charge is 2.13. The summed E-state index contributed by atoms with van der Waals surface area (Å²) in [5.41, 5.74) is 2.48. The largest absolute Gasteiger partial charge is 0.454 e. The summed E-state index contributed by atoms with van der Waals surface area (Å²) in [5.74, 6) is 2.86. The van der Waals surface area contributed by atoms with Crippen molar-refractivity contribution in [3.05, 3.63) is 46.2 Å². The van der Waals surface area contributed by atoms with Crippen molar-refractivity contribution in [2.75, 3.05) is 20.4 Å². The van der Waals surface area contributed by atoms with E-state index < -0.39 is 0 Å². The lowest BCUT2D eigenvalue weighted by molar-refractivity contribution is 0.174. The van der Waals surface area contributed by atoms with E-state index >= 15 is 0 Å². The number of guanidine groups is 1. The summed E-state index contributed by atoms with van der Waals surface area (Å²) in [7, 11) is 1.78. The molecule has 0 amide bonds. The smallest absolute Gasteiger partial charge is 0.231 e. The zero-order valence-electron chi connectivity index (χ0n) is 13.7. The van der Waals surface area contributed by atoms with Crippen LogP contribution in [0, 0.1) is 0 Å². The van der Waals surface area contributed by atoms with E-state index in [0.29, 0.717) is 19.3 Å². The highest BCUT2D eigenvalue weighted by molar-refractivity contribution is 14.0.